The lowest BCUT2D eigenvalue weighted by Gasteiger charge is -2.31. The Bertz CT molecular complexity index is 973. The van der Waals surface area contributed by atoms with Gasteiger partial charge in [-0.1, -0.05) is 12.1 Å². The van der Waals surface area contributed by atoms with Crippen LogP contribution in [-0.4, -0.2) is 33.9 Å². The van der Waals surface area contributed by atoms with Gasteiger partial charge in [0, 0.05) is 36.5 Å². The largest absolute Gasteiger partial charge is 0.448 e. The van der Waals surface area contributed by atoms with E-state index >= 15 is 0 Å². The molecule has 4 rings (SSSR count). The van der Waals surface area contributed by atoms with Crippen LogP contribution >= 0.6 is 0 Å². The Morgan fingerprint density at radius 1 is 1.22 bits per heavy atom. The van der Waals surface area contributed by atoms with Gasteiger partial charge in [-0.25, -0.2) is 14.4 Å². The average Bonchev–Trinajstić information content (AvgIpc) is 3.18. The van der Waals surface area contributed by atoms with Gasteiger partial charge in [-0.05, 0) is 31.0 Å². The summed E-state index contributed by atoms with van der Waals surface area (Å²) in [5, 5.41) is 0. The molecule has 3 aromatic rings. The molecular weight excluding hydrogens is 352 g/mol. The van der Waals surface area contributed by atoms with E-state index in [4.69, 9.17) is 4.42 Å². The predicted octanol–water partition coefficient (Wildman–Crippen LogP) is 4.03. The third kappa shape index (κ3) is 3.58. The molecule has 1 amide bonds. The molecule has 27 heavy (non-hydrogen) atoms. The fraction of sp³-hybridized carbons (Fsp3) is 0.250. The maximum absolute atomic E-state index is 13.9. The number of piperidine rings is 1. The number of rotatable bonds is 3. The summed E-state index contributed by atoms with van der Waals surface area (Å²) < 4.78 is 32.8. The van der Waals surface area contributed by atoms with Gasteiger partial charge in [0.15, 0.2) is 5.89 Å². The third-order valence-electron chi connectivity index (χ3n) is 4.70. The Labute approximate surface area is 154 Å². The number of pyridine rings is 1. The summed E-state index contributed by atoms with van der Waals surface area (Å²) in [5.74, 6) is -0.905. The summed E-state index contributed by atoms with van der Waals surface area (Å²) >= 11 is 0. The summed E-state index contributed by atoms with van der Waals surface area (Å²) in [6.45, 7) is 1.00. The summed E-state index contributed by atoms with van der Waals surface area (Å²) in [7, 11) is 0. The van der Waals surface area contributed by atoms with E-state index in [0.717, 1.165) is 18.9 Å². The molecular formula is C20H17F2N3O2. The van der Waals surface area contributed by atoms with Crippen LogP contribution < -0.4 is 0 Å². The molecule has 1 aliphatic rings. The van der Waals surface area contributed by atoms with Crippen LogP contribution in [0.4, 0.5) is 8.78 Å². The minimum atomic E-state index is -0.684. The normalized spacial score (nSPS) is 17.1. The van der Waals surface area contributed by atoms with E-state index in [0.29, 0.717) is 30.2 Å². The summed E-state index contributed by atoms with van der Waals surface area (Å²) in [5.41, 5.74) is 1.08. The van der Waals surface area contributed by atoms with Crippen LogP contribution in [0.25, 0.3) is 11.3 Å². The molecule has 1 atom stereocenters. The van der Waals surface area contributed by atoms with E-state index in [1.165, 1.54) is 24.6 Å². The van der Waals surface area contributed by atoms with Gasteiger partial charge in [-0.2, -0.15) is 4.39 Å². The minimum Gasteiger partial charge on any atom is -0.448 e. The van der Waals surface area contributed by atoms with Crippen molar-refractivity contribution in [3.63, 3.8) is 0 Å². The Hall–Kier alpha value is -3.09. The number of hydrogen-bond acceptors (Lipinski definition) is 4. The zero-order valence-electron chi connectivity index (χ0n) is 14.4. The lowest BCUT2D eigenvalue weighted by Crippen LogP contribution is -2.39. The third-order valence-corrected chi connectivity index (χ3v) is 4.70. The van der Waals surface area contributed by atoms with E-state index < -0.39 is 5.95 Å². The van der Waals surface area contributed by atoms with Crippen LogP contribution in [0.1, 0.15) is 35.0 Å². The number of oxazole rings is 1. The molecule has 0 aliphatic carbocycles. The smallest absolute Gasteiger partial charge is 0.254 e. The van der Waals surface area contributed by atoms with E-state index in [9.17, 15) is 13.6 Å². The highest BCUT2D eigenvalue weighted by molar-refractivity contribution is 5.94. The van der Waals surface area contributed by atoms with E-state index in [2.05, 4.69) is 9.97 Å². The number of hydrogen-bond donors (Lipinski definition) is 0. The number of likely N-dealkylation sites (tertiary alicyclic amines) is 1. The van der Waals surface area contributed by atoms with Crippen LogP contribution in [-0.2, 0) is 0 Å². The van der Waals surface area contributed by atoms with Crippen molar-refractivity contribution in [3.8, 4) is 11.3 Å². The predicted molar refractivity (Wildman–Crippen MR) is 94.0 cm³/mol. The van der Waals surface area contributed by atoms with Crippen molar-refractivity contribution in [3.05, 3.63) is 72.1 Å². The van der Waals surface area contributed by atoms with Crippen molar-refractivity contribution in [2.45, 2.75) is 18.8 Å². The molecule has 1 aromatic carbocycles. The zero-order chi connectivity index (χ0) is 18.8. The first-order valence-corrected chi connectivity index (χ1v) is 8.73. The highest BCUT2D eigenvalue weighted by Gasteiger charge is 2.29. The first-order valence-electron chi connectivity index (χ1n) is 8.73. The van der Waals surface area contributed by atoms with E-state index in [1.54, 1.807) is 23.1 Å². The second kappa shape index (κ2) is 7.26. The molecule has 2 aromatic heterocycles. The molecule has 0 saturated carbocycles. The van der Waals surface area contributed by atoms with Crippen LogP contribution in [0.2, 0.25) is 0 Å². The number of halogens is 2. The van der Waals surface area contributed by atoms with Gasteiger partial charge < -0.3 is 9.32 Å². The van der Waals surface area contributed by atoms with E-state index in [1.807, 2.05) is 0 Å². The van der Waals surface area contributed by atoms with Gasteiger partial charge >= 0.3 is 0 Å². The number of benzene rings is 1. The van der Waals surface area contributed by atoms with Gasteiger partial charge in [0.25, 0.3) is 5.91 Å². The second-order valence-electron chi connectivity index (χ2n) is 6.51. The van der Waals surface area contributed by atoms with Crippen molar-refractivity contribution in [1.82, 2.24) is 14.9 Å². The lowest BCUT2D eigenvalue weighted by atomic mass is 9.97. The number of nitrogens with zero attached hydrogens (tertiary/aromatic N) is 3. The fourth-order valence-corrected chi connectivity index (χ4v) is 3.35. The number of carbonyl (C=O) groups is 1. The first kappa shape index (κ1) is 17.3. The van der Waals surface area contributed by atoms with Gasteiger partial charge in [-0.15, -0.1) is 0 Å². The van der Waals surface area contributed by atoms with Crippen LogP contribution in [0.5, 0.6) is 0 Å². The SMILES string of the molecule is O=C(c1ccnc(F)c1)N1CCCC(c2nc(-c3ccccc3F)co2)C1. The number of aromatic nitrogens is 2. The van der Waals surface area contributed by atoms with Crippen molar-refractivity contribution in [1.29, 1.82) is 0 Å². The molecule has 7 heteroatoms. The van der Waals surface area contributed by atoms with Gasteiger partial charge in [0.1, 0.15) is 17.8 Å². The molecule has 0 bridgehead atoms. The summed E-state index contributed by atoms with van der Waals surface area (Å²) in [6, 6.07) is 9.00. The Balaban J connectivity index is 1.52. The average molecular weight is 369 g/mol. The molecule has 1 unspecified atom stereocenters. The number of carbonyl (C=O) groups excluding carboxylic acids is 1. The van der Waals surface area contributed by atoms with Gasteiger partial charge in [0.2, 0.25) is 5.95 Å². The first-order chi connectivity index (χ1) is 13.1. The second-order valence-corrected chi connectivity index (χ2v) is 6.51. The monoisotopic (exact) mass is 369 g/mol. The minimum absolute atomic E-state index is 0.0880. The molecule has 138 valence electrons. The molecule has 0 radical (unpaired) electrons. The molecule has 5 nitrogen and oxygen atoms in total. The maximum atomic E-state index is 13.9. The van der Waals surface area contributed by atoms with Crippen molar-refractivity contribution >= 4 is 5.91 Å². The van der Waals surface area contributed by atoms with Crippen LogP contribution in [0.3, 0.4) is 0 Å². The van der Waals surface area contributed by atoms with Crippen molar-refractivity contribution < 1.29 is 18.0 Å². The zero-order valence-corrected chi connectivity index (χ0v) is 14.4. The van der Waals surface area contributed by atoms with Crippen LogP contribution in [0.15, 0.2) is 53.3 Å². The molecule has 1 saturated heterocycles. The highest BCUT2D eigenvalue weighted by atomic mass is 19.1. The maximum Gasteiger partial charge on any atom is 0.254 e. The Morgan fingerprint density at radius 2 is 2.07 bits per heavy atom. The van der Waals surface area contributed by atoms with Gasteiger partial charge in [0.05, 0.1) is 5.92 Å². The fourth-order valence-electron chi connectivity index (χ4n) is 3.35. The van der Waals surface area contributed by atoms with Crippen molar-refractivity contribution in [2.75, 3.05) is 13.1 Å². The molecule has 3 heterocycles. The Morgan fingerprint density at radius 3 is 2.89 bits per heavy atom. The standard InChI is InChI=1S/C20H17F2N3O2/c21-16-6-2-1-5-15(16)17-12-27-19(24-17)14-4-3-9-25(11-14)20(26)13-7-8-23-18(22)10-13/h1-2,5-8,10,12,14H,3-4,9,11H2. The summed E-state index contributed by atoms with van der Waals surface area (Å²) in [4.78, 5) is 22.2. The van der Waals surface area contributed by atoms with Gasteiger partial charge in [-0.3, -0.25) is 4.79 Å². The van der Waals surface area contributed by atoms with Crippen LogP contribution in [0, 0.1) is 11.8 Å². The Kier molecular flexibility index (Phi) is 4.66. The molecule has 1 aliphatic heterocycles. The quantitative estimate of drug-likeness (QED) is 0.654. The lowest BCUT2D eigenvalue weighted by molar-refractivity contribution is 0.0697. The summed E-state index contributed by atoms with van der Waals surface area (Å²) in [6.07, 6.45) is 4.30. The highest BCUT2D eigenvalue weighted by Crippen LogP contribution is 2.30. The molecule has 1 fully saturated rings. The van der Waals surface area contributed by atoms with E-state index in [-0.39, 0.29) is 23.2 Å². The molecule has 0 spiro atoms. The van der Waals surface area contributed by atoms with Crippen molar-refractivity contribution in [2.24, 2.45) is 0 Å². The topological polar surface area (TPSA) is 59.2 Å². The molecule has 0 N–H and O–H groups in total. The number of amides is 1.